The molecule has 4 rings (SSSR count). The molecule has 0 radical (unpaired) electrons. The van der Waals surface area contributed by atoms with Gasteiger partial charge in [0.05, 0.1) is 16.2 Å². The zero-order chi connectivity index (χ0) is 20.4. The highest BCUT2D eigenvalue weighted by atomic mass is 35.5. The van der Waals surface area contributed by atoms with Crippen LogP contribution in [0.25, 0.3) is 11.3 Å². The van der Waals surface area contributed by atoms with Gasteiger partial charge in [-0.3, -0.25) is 9.69 Å². The molecule has 2 heterocycles. The van der Waals surface area contributed by atoms with E-state index >= 15 is 0 Å². The van der Waals surface area contributed by atoms with Crippen LogP contribution in [-0.2, 0) is 11.3 Å². The van der Waals surface area contributed by atoms with Gasteiger partial charge in [0.2, 0.25) is 5.91 Å². The number of hydrogen-bond acceptors (Lipinski definition) is 4. The summed E-state index contributed by atoms with van der Waals surface area (Å²) in [6.07, 6.45) is 2.19. The number of benzene rings is 2. The first kappa shape index (κ1) is 20.0. The molecule has 7 heteroatoms. The van der Waals surface area contributed by atoms with Crippen molar-refractivity contribution in [1.29, 1.82) is 0 Å². The van der Waals surface area contributed by atoms with E-state index in [1.54, 1.807) is 6.20 Å². The molecule has 0 spiro atoms. The lowest BCUT2D eigenvalue weighted by atomic mass is 10.1. The number of anilines is 1. The second-order valence-electron chi connectivity index (χ2n) is 7.11. The smallest absolute Gasteiger partial charge is 0.228 e. The first-order valence-corrected chi connectivity index (χ1v) is 10.2. The van der Waals surface area contributed by atoms with E-state index in [9.17, 15) is 4.79 Å². The van der Waals surface area contributed by atoms with Crippen molar-refractivity contribution in [2.24, 2.45) is 0 Å². The molecule has 1 amide bonds. The quantitative estimate of drug-likeness (QED) is 0.571. The summed E-state index contributed by atoms with van der Waals surface area (Å²) >= 11 is 12.1. The molecule has 0 aliphatic carbocycles. The highest BCUT2D eigenvalue weighted by molar-refractivity contribution is 6.42. The molecule has 0 saturated carbocycles. The van der Waals surface area contributed by atoms with Gasteiger partial charge in [-0.1, -0.05) is 29.3 Å². The van der Waals surface area contributed by atoms with Gasteiger partial charge in [-0.2, -0.15) is 0 Å². The third-order valence-electron chi connectivity index (χ3n) is 5.06. The third kappa shape index (κ3) is 4.64. The van der Waals surface area contributed by atoms with Gasteiger partial charge in [0, 0.05) is 50.8 Å². The van der Waals surface area contributed by atoms with Gasteiger partial charge < -0.3 is 9.32 Å². The summed E-state index contributed by atoms with van der Waals surface area (Å²) in [6.45, 7) is 4.69. The van der Waals surface area contributed by atoms with Crippen molar-refractivity contribution in [1.82, 2.24) is 9.88 Å². The Morgan fingerprint density at radius 1 is 1.03 bits per heavy atom. The van der Waals surface area contributed by atoms with E-state index in [1.807, 2.05) is 54.3 Å². The molecule has 0 bridgehead atoms. The Labute approximate surface area is 179 Å². The Morgan fingerprint density at radius 3 is 2.52 bits per heavy atom. The lowest BCUT2D eigenvalue weighted by Gasteiger charge is -2.22. The number of oxazole rings is 1. The van der Waals surface area contributed by atoms with Crippen molar-refractivity contribution in [2.75, 3.05) is 24.5 Å². The fourth-order valence-electron chi connectivity index (χ4n) is 3.49. The SMILES string of the molecule is Cc1ncc(-c2ccc(N3CCN(Cc4ccc(Cl)c(Cl)c4)CCC3=O)cc2)o1. The molecule has 1 saturated heterocycles. The second kappa shape index (κ2) is 8.57. The molecule has 1 aliphatic heterocycles. The van der Waals surface area contributed by atoms with Crippen LogP contribution < -0.4 is 4.90 Å². The average molecular weight is 430 g/mol. The number of nitrogens with zero attached hydrogens (tertiary/aromatic N) is 3. The standard InChI is InChI=1S/C22H21Cl2N3O2/c1-15-25-13-21(29-15)17-3-5-18(6-4-17)27-11-10-26(9-8-22(27)28)14-16-2-7-19(23)20(24)12-16/h2-7,12-13H,8-11,14H2,1H3. The molecule has 0 unspecified atom stereocenters. The van der Waals surface area contributed by atoms with E-state index in [1.165, 1.54) is 0 Å². The van der Waals surface area contributed by atoms with Crippen molar-refractivity contribution < 1.29 is 9.21 Å². The van der Waals surface area contributed by atoms with Gasteiger partial charge in [0.1, 0.15) is 0 Å². The molecule has 150 valence electrons. The van der Waals surface area contributed by atoms with Crippen LogP contribution in [-0.4, -0.2) is 35.4 Å². The molecule has 3 aromatic rings. The number of carbonyl (C=O) groups excluding carboxylic acids is 1. The highest BCUT2D eigenvalue weighted by Gasteiger charge is 2.22. The predicted molar refractivity (Wildman–Crippen MR) is 115 cm³/mol. The topological polar surface area (TPSA) is 49.6 Å². The normalized spacial score (nSPS) is 15.6. The maximum atomic E-state index is 12.7. The summed E-state index contributed by atoms with van der Waals surface area (Å²) in [5, 5.41) is 1.11. The molecular formula is C22H21Cl2N3O2. The summed E-state index contributed by atoms with van der Waals surface area (Å²) in [6, 6.07) is 13.5. The first-order valence-electron chi connectivity index (χ1n) is 9.49. The summed E-state index contributed by atoms with van der Waals surface area (Å²) in [5.41, 5.74) is 2.93. The minimum Gasteiger partial charge on any atom is -0.441 e. The van der Waals surface area contributed by atoms with Gasteiger partial charge in [-0.15, -0.1) is 0 Å². The van der Waals surface area contributed by atoms with Gasteiger partial charge in [-0.25, -0.2) is 4.98 Å². The number of halogens is 2. The number of aryl methyl sites for hydroxylation is 1. The Hall–Kier alpha value is -2.34. The van der Waals surface area contributed by atoms with Gasteiger partial charge in [0.15, 0.2) is 11.7 Å². The minimum absolute atomic E-state index is 0.130. The third-order valence-corrected chi connectivity index (χ3v) is 5.80. The van der Waals surface area contributed by atoms with E-state index in [0.29, 0.717) is 35.4 Å². The van der Waals surface area contributed by atoms with Gasteiger partial charge in [-0.05, 0) is 42.0 Å². The van der Waals surface area contributed by atoms with Crippen LogP contribution in [0.15, 0.2) is 53.1 Å². The van der Waals surface area contributed by atoms with Crippen LogP contribution in [0.5, 0.6) is 0 Å². The lowest BCUT2D eigenvalue weighted by Crippen LogP contribution is -2.33. The summed E-state index contributed by atoms with van der Waals surface area (Å²) < 4.78 is 5.57. The fourth-order valence-corrected chi connectivity index (χ4v) is 3.82. The van der Waals surface area contributed by atoms with Crippen LogP contribution in [0.4, 0.5) is 5.69 Å². The molecule has 1 aromatic heterocycles. The predicted octanol–water partition coefficient (Wildman–Crippen LogP) is 5.20. The minimum atomic E-state index is 0.130. The van der Waals surface area contributed by atoms with E-state index < -0.39 is 0 Å². The van der Waals surface area contributed by atoms with E-state index in [4.69, 9.17) is 27.6 Å². The van der Waals surface area contributed by atoms with Crippen LogP contribution in [0, 0.1) is 6.92 Å². The first-order chi connectivity index (χ1) is 14.0. The van der Waals surface area contributed by atoms with Crippen LogP contribution in [0.1, 0.15) is 17.9 Å². The summed E-state index contributed by atoms with van der Waals surface area (Å²) in [4.78, 5) is 21.0. The van der Waals surface area contributed by atoms with E-state index in [-0.39, 0.29) is 5.91 Å². The molecule has 29 heavy (non-hydrogen) atoms. The molecule has 1 aliphatic rings. The Kier molecular flexibility index (Phi) is 5.90. The Balaban J connectivity index is 1.44. The second-order valence-corrected chi connectivity index (χ2v) is 7.92. The Morgan fingerprint density at radius 2 is 1.83 bits per heavy atom. The largest absolute Gasteiger partial charge is 0.441 e. The number of carbonyl (C=O) groups is 1. The van der Waals surface area contributed by atoms with Crippen molar-refractivity contribution in [3.63, 3.8) is 0 Å². The zero-order valence-electron chi connectivity index (χ0n) is 16.1. The molecule has 0 N–H and O–H groups in total. The van der Waals surface area contributed by atoms with Gasteiger partial charge >= 0.3 is 0 Å². The monoisotopic (exact) mass is 429 g/mol. The van der Waals surface area contributed by atoms with Gasteiger partial charge in [0.25, 0.3) is 0 Å². The van der Waals surface area contributed by atoms with Crippen LogP contribution in [0.2, 0.25) is 10.0 Å². The number of hydrogen-bond donors (Lipinski definition) is 0. The van der Waals surface area contributed by atoms with E-state index in [2.05, 4.69) is 9.88 Å². The summed E-state index contributed by atoms with van der Waals surface area (Å²) in [7, 11) is 0. The number of amides is 1. The average Bonchev–Trinajstić information content (AvgIpc) is 3.07. The zero-order valence-corrected chi connectivity index (χ0v) is 17.6. The van der Waals surface area contributed by atoms with Crippen molar-refractivity contribution >= 4 is 34.8 Å². The number of aromatic nitrogens is 1. The molecular weight excluding hydrogens is 409 g/mol. The maximum absolute atomic E-state index is 12.7. The molecule has 2 aromatic carbocycles. The molecule has 5 nitrogen and oxygen atoms in total. The number of rotatable bonds is 4. The van der Waals surface area contributed by atoms with E-state index in [0.717, 1.165) is 35.7 Å². The lowest BCUT2D eigenvalue weighted by molar-refractivity contribution is -0.118. The molecule has 1 fully saturated rings. The van der Waals surface area contributed by atoms with Crippen molar-refractivity contribution in [3.8, 4) is 11.3 Å². The summed E-state index contributed by atoms with van der Waals surface area (Å²) in [5.74, 6) is 1.49. The van der Waals surface area contributed by atoms with Crippen LogP contribution >= 0.6 is 23.2 Å². The van der Waals surface area contributed by atoms with Crippen LogP contribution in [0.3, 0.4) is 0 Å². The maximum Gasteiger partial charge on any atom is 0.228 e. The highest BCUT2D eigenvalue weighted by Crippen LogP contribution is 2.26. The molecule has 0 atom stereocenters. The fraction of sp³-hybridized carbons (Fsp3) is 0.273. The Bertz CT molecular complexity index is 1020. The van der Waals surface area contributed by atoms with Crippen molar-refractivity contribution in [2.45, 2.75) is 19.9 Å². The van der Waals surface area contributed by atoms with Crippen molar-refractivity contribution in [3.05, 3.63) is 70.2 Å².